The van der Waals surface area contributed by atoms with Crippen molar-refractivity contribution in [1.82, 2.24) is 4.90 Å². The van der Waals surface area contributed by atoms with Gasteiger partial charge in [-0.25, -0.2) is 9.79 Å². The molecule has 0 aliphatic carbocycles. The molecule has 1 amide bonds. The van der Waals surface area contributed by atoms with E-state index in [0.29, 0.717) is 35.7 Å². The van der Waals surface area contributed by atoms with Crippen LogP contribution in [0.5, 0.6) is 5.75 Å². The van der Waals surface area contributed by atoms with Crippen molar-refractivity contribution in [2.24, 2.45) is 16.5 Å². The number of nitrogens with two attached hydrogens (primary N) is 2. The maximum Gasteiger partial charge on any atom is 0.343 e. The van der Waals surface area contributed by atoms with Crippen LogP contribution in [-0.4, -0.2) is 48.4 Å². The third-order valence-corrected chi connectivity index (χ3v) is 4.76. The van der Waals surface area contributed by atoms with Crippen LogP contribution in [0, 0.1) is 0 Å². The molecule has 0 aliphatic heterocycles. The second-order valence-electron chi connectivity index (χ2n) is 6.94. The van der Waals surface area contributed by atoms with Crippen molar-refractivity contribution in [3.8, 4) is 5.75 Å². The SMILES string of the molecule is CCN(CC)C(=O)COC(=O)[C@@H](C)c1ccc(OC(=O)c2ccc(N=C(N)N)cc2)cc1. The molecular weight excluding hydrogens is 412 g/mol. The van der Waals surface area contributed by atoms with E-state index >= 15 is 0 Å². The quantitative estimate of drug-likeness (QED) is 0.264. The highest BCUT2D eigenvalue weighted by Crippen LogP contribution is 2.22. The lowest BCUT2D eigenvalue weighted by Gasteiger charge is -2.19. The number of rotatable bonds is 9. The minimum atomic E-state index is -0.577. The summed E-state index contributed by atoms with van der Waals surface area (Å²) in [5, 5.41) is 0. The average Bonchev–Trinajstić information content (AvgIpc) is 2.78. The lowest BCUT2D eigenvalue weighted by molar-refractivity contribution is -0.152. The second-order valence-corrected chi connectivity index (χ2v) is 6.94. The maximum atomic E-state index is 12.3. The summed E-state index contributed by atoms with van der Waals surface area (Å²) >= 11 is 0. The summed E-state index contributed by atoms with van der Waals surface area (Å²) in [4.78, 5) is 42.1. The van der Waals surface area contributed by atoms with Gasteiger partial charge in [0.2, 0.25) is 0 Å². The molecule has 4 N–H and O–H groups in total. The standard InChI is InChI=1S/C23H28N4O5/c1-4-27(5-2)20(28)14-31-21(29)15(3)16-8-12-19(13-9-16)32-22(30)17-6-10-18(11-7-17)26-23(24)25/h6-13,15H,4-5,14H2,1-3H3,(H4,24,25,26)/t15-/m0/s1. The fraction of sp³-hybridized carbons (Fsp3) is 0.304. The molecule has 0 saturated heterocycles. The number of guanidine groups is 1. The predicted molar refractivity (Wildman–Crippen MR) is 121 cm³/mol. The zero-order chi connectivity index (χ0) is 23.7. The molecule has 0 aliphatic rings. The Morgan fingerprint density at radius 1 is 0.969 bits per heavy atom. The van der Waals surface area contributed by atoms with Crippen molar-refractivity contribution < 1.29 is 23.9 Å². The maximum absolute atomic E-state index is 12.3. The molecule has 2 rings (SSSR count). The van der Waals surface area contributed by atoms with Gasteiger partial charge < -0.3 is 25.8 Å². The fourth-order valence-electron chi connectivity index (χ4n) is 2.87. The van der Waals surface area contributed by atoms with E-state index < -0.39 is 17.9 Å². The number of carbonyl (C=O) groups is 3. The van der Waals surface area contributed by atoms with Crippen LogP contribution in [0.4, 0.5) is 5.69 Å². The zero-order valence-corrected chi connectivity index (χ0v) is 18.4. The average molecular weight is 441 g/mol. The molecule has 32 heavy (non-hydrogen) atoms. The molecule has 9 heteroatoms. The molecule has 9 nitrogen and oxygen atoms in total. The number of aliphatic imine (C=N–C) groups is 1. The van der Waals surface area contributed by atoms with Gasteiger partial charge in [0.05, 0.1) is 17.2 Å². The minimum Gasteiger partial charge on any atom is -0.455 e. The third kappa shape index (κ3) is 6.83. The Bertz CT molecular complexity index is 963. The number of carbonyl (C=O) groups excluding carboxylic acids is 3. The lowest BCUT2D eigenvalue weighted by Crippen LogP contribution is -2.34. The highest BCUT2D eigenvalue weighted by Gasteiger charge is 2.20. The molecule has 0 saturated carbocycles. The molecule has 0 unspecified atom stereocenters. The Kier molecular flexibility index (Phi) is 8.76. The number of nitrogens with zero attached hydrogens (tertiary/aromatic N) is 2. The van der Waals surface area contributed by atoms with Crippen molar-refractivity contribution in [3.05, 3.63) is 59.7 Å². The van der Waals surface area contributed by atoms with Gasteiger partial charge in [0.25, 0.3) is 5.91 Å². The first-order chi connectivity index (χ1) is 15.2. The van der Waals surface area contributed by atoms with Gasteiger partial charge in [-0.2, -0.15) is 0 Å². The molecule has 0 fully saturated rings. The van der Waals surface area contributed by atoms with E-state index in [1.165, 1.54) is 0 Å². The number of ether oxygens (including phenoxy) is 2. The van der Waals surface area contributed by atoms with Crippen LogP contribution < -0.4 is 16.2 Å². The summed E-state index contributed by atoms with van der Waals surface area (Å²) in [6.07, 6.45) is 0. The van der Waals surface area contributed by atoms with Crippen LogP contribution in [0.1, 0.15) is 42.6 Å². The summed E-state index contributed by atoms with van der Waals surface area (Å²) in [6, 6.07) is 12.8. The van der Waals surface area contributed by atoms with Crippen molar-refractivity contribution in [2.75, 3.05) is 19.7 Å². The van der Waals surface area contributed by atoms with E-state index in [-0.39, 0.29) is 18.5 Å². The molecule has 2 aromatic rings. The van der Waals surface area contributed by atoms with Crippen molar-refractivity contribution in [3.63, 3.8) is 0 Å². The molecule has 0 spiro atoms. The predicted octanol–water partition coefficient (Wildman–Crippen LogP) is 2.33. The Hall–Kier alpha value is -3.88. The molecule has 0 bridgehead atoms. The van der Waals surface area contributed by atoms with Gasteiger partial charge in [-0.15, -0.1) is 0 Å². The summed E-state index contributed by atoms with van der Waals surface area (Å²) in [6.45, 7) is 6.24. The molecule has 0 aromatic heterocycles. The Morgan fingerprint density at radius 3 is 2.09 bits per heavy atom. The molecule has 0 radical (unpaired) electrons. The highest BCUT2D eigenvalue weighted by molar-refractivity contribution is 5.91. The molecule has 1 atom stereocenters. The number of esters is 2. The van der Waals surface area contributed by atoms with E-state index in [4.69, 9.17) is 20.9 Å². The number of hydrogen-bond donors (Lipinski definition) is 2. The van der Waals surface area contributed by atoms with Gasteiger partial charge in [-0.05, 0) is 62.7 Å². The van der Waals surface area contributed by atoms with E-state index in [1.54, 1.807) is 60.4 Å². The van der Waals surface area contributed by atoms with Crippen LogP contribution in [0.15, 0.2) is 53.5 Å². The van der Waals surface area contributed by atoms with Gasteiger partial charge in [0.15, 0.2) is 12.6 Å². The van der Waals surface area contributed by atoms with Crippen LogP contribution in [0.25, 0.3) is 0 Å². The smallest absolute Gasteiger partial charge is 0.343 e. The number of likely N-dealkylation sites (N-methyl/N-ethyl adjacent to an activating group) is 1. The first-order valence-electron chi connectivity index (χ1n) is 10.2. The lowest BCUT2D eigenvalue weighted by atomic mass is 10.0. The normalized spacial score (nSPS) is 11.2. The van der Waals surface area contributed by atoms with Crippen molar-refractivity contribution in [1.29, 1.82) is 0 Å². The van der Waals surface area contributed by atoms with Gasteiger partial charge in [-0.3, -0.25) is 9.59 Å². The Labute approximate surface area is 187 Å². The number of benzene rings is 2. The van der Waals surface area contributed by atoms with Crippen LogP contribution in [0.2, 0.25) is 0 Å². The van der Waals surface area contributed by atoms with E-state index in [9.17, 15) is 14.4 Å². The van der Waals surface area contributed by atoms with Crippen LogP contribution in [-0.2, 0) is 14.3 Å². The summed E-state index contributed by atoms with van der Waals surface area (Å²) in [7, 11) is 0. The number of hydrogen-bond acceptors (Lipinski definition) is 6. The molecule has 170 valence electrons. The van der Waals surface area contributed by atoms with E-state index in [0.717, 1.165) is 0 Å². The van der Waals surface area contributed by atoms with Crippen LogP contribution >= 0.6 is 0 Å². The number of amides is 1. The summed E-state index contributed by atoms with van der Waals surface area (Å²) in [5.41, 5.74) is 12.2. The van der Waals surface area contributed by atoms with Crippen molar-refractivity contribution in [2.45, 2.75) is 26.7 Å². The van der Waals surface area contributed by atoms with E-state index in [2.05, 4.69) is 4.99 Å². The van der Waals surface area contributed by atoms with Gasteiger partial charge in [0, 0.05) is 13.1 Å². The largest absolute Gasteiger partial charge is 0.455 e. The van der Waals surface area contributed by atoms with Gasteiger partial charge in [0.1, 0.15) is 5.75 Å². The first kappa shape index (κ1) is 24.4. The minimum absolute atomic E-state index is 0.0750. The molecule has 0 heterocycles. The first-order valence-corrected chi connectivity index (χ1v) is 10.2. The summed E-state index contributed by atoms with van der Waals surface area (Å²) in [5.74, 6) is -1.61. The summed E-state index contributed by atoms with van der Waals surface area (Å²) < 4.78 is 10.5. The van der Waals surface area contributed by atoms with Gasteiger partial charge in [-0.1, -0.05) is 12.1 Å². The zero-order valence-electron chi connectivity index (χ0n) is 18.4. The third-order valence-electron chi connectivity index (χ3n) is 4.76. The topological polar surface area (TPSA) is 137 Å². The monoisotopic (exact) mass is 440 g/mol. The Balaban J connectivity index is 1.94. The molecule has 2 aromatic carbocycles. The fourth-order valence-corrected chi connectivity index (χ4v) is 2.87. The van der Waals surface area contributed by atoms with Crippen LogP contribution in [0.3, 0.4) is 0 Å². The van der Waals surface area contributed by atoms with E-state index in [1.807, 2.05) is 13.8 Å². The van der Waals surface area contributed by atoms with Crippen molar-refractivity contribution >= 4 is 29.5 Å². The van der Waals surface area contributed by atoms with Gasteiger partial charge >= 0.3 is 11.9 Å². The highest BCUT2D eigenvalue weighted by atomic mass is 16.5. The second kappa shape index (κ2) is 11.5. The molecular formula is C23H28N4O5. The Morgan fingerprint density at radius 2 is 1.56 bits per heavy atom.